The second-order valence-corrected chi connectivity index (χ2v) is 6.39. The number of aliphatic carboxylic acids is 1. The van der Waals surface area contributed by atoms with Gasteiger partial charge in [-0.1, -0.05) is 48.5 Å². The zero-order valence-electron chi connectivity index (χ0n) is 14.0. The number of carbonyl (C=O) groups excluding carboxylic acids is 1. The molecule has 0 radical (unpaired) electrons. The summed E-state index contributed by atoms with van der Waals surface area (Å²) in [6.07, 6.45) is -6.94. The topological polar surface area (TPSA) is 89.6 Å². The normalized spacial score (nSPS) is 15.6. The highest BCUT2D eigenvalue weighted by Gasteiger charge is 2.52. The lowest BCUT2D eigenvalue weighted by atomic mass is 9.95. The van der Waals surface area contributed by atoms with Crippen molar-refractivity contribution >= 4 is 11.9 Å². The minimum atomic E-state index is -4.93. The van der Waals surface area contributed by atoms with E-state index in [2.05, 4.69) is 0 Å². The molecule has 1 unspecified atom stereocenters. The standard InChI is InChI=1S/C19H16F3NO4/c20-19(21,22)10-18(23,16(24)25)17(26)27-9-15-13-7-3-1-5-11(13)12-6-2-4-8-14(12)15/h1-8,15H,9-10,23H2,(H,24,25). The Kier molecular flexibility index (Phi) is 4.69. The summed E-state index contributed by atoms with van der Waals surface area (Å²) in [5.41, 5.74) is 5.62. The molecule has 0 saturated heterocycles. The number of halogens is 3. The molecule has 0 fully saturated rings. The first-order valence-electron chi connectivity index (χ1n) is 8.08. The number of nitrogens with two attached hydrogens (primary N) is 1. The fraction of sp³-hybridized carbons (Fsp3) is 0.263. The van der Waals surface area contributed by atoms with Crippen molar-refractivity contribution in [1.82, 2.24) is 0 Å². The molecule has 0 aliphatic heterocycles. The monoisotopic (exact) mass is 379 g/mol. The van der Waals surface area contributed by atoms with Gasteiger partial charge in [0, 0.05) is 5.92 Å². The predicted octanol–water partition coefficient (Wildman–Crippen LogP) is 3.08. The smallest absolute Gasteiger partial charge is 0.392 e. The molecule has 0 heterocycles. The van der Waals surface area contributed by atoms with E-state index in [1.54, 1.807) is 12.1 Å². The van der Waals surface area contributed by atoms with Crippen molar-refractivity contribution in [3.05, 3.63) is 59.7 Å². The van der Waals surface area contributed by atoms with Crippen LogP contribution in [-0.2, 0) is 14.3 Å². The fourth-order valence-electron chi connectivity index (χ4n) is 3.28. The predicted molar refractivity (Wildman–Crippen MR) is 89.9 cm³/mol. The molecule has 2 aromatic carbocycles. The van der Waals surface area contributed by atoms with Gasteiger partial charge in [-0.15, -0.1) is 0 Å². The number of ether oxygens (including phenoxy) is 1. The molecule has 5 nitrogen and oxygen atoms in total. The van der Waals surface area contributed by atoms with Crippen LogP contribution >= 0.6 is 0 Å². The van der Waals surface area contributed by atoms with E-state index >= 15 is 0 Å². The van der Waals surface area contributed by atoms with Crippen LogP contribution in [0.2, 0.25) is 0 Å². The van der Waals surface area contributed by atoms with E-state index in [0.717, 1.165) is 22.3 Å². The number of hydrogen-bond acceptors (Lipinski definition) is 4. The SMILES string of the molecule is NC(CC(F)(F)F)(C(=O)O)C(=O)OCC1c2ccccc2-c2ccccc21. The van der Waals surface area contributed by atoms with Crippen molar-refractivity contribution in [3.63, 3.8) is 0 Å². The van der Waals surface area contributed by atoms with Gasteiger partial charge >= 0.3 is 18.1 Å². The molecule has 0 saturated carbocycles. The Balaban J connectivity index is 1.84. The van der Waals surface area contributed by atoms with Crippen molar-refractivity contribution < 1.29 is 32.6 Å². The largest absolute Gasteiger partial charge is 0.479 e. The Hall–Kier alpha value is -2.87. The average molecular weight is 379 g/mol. The van der Waals surface area contributed by atoms with Crippen LogP contribution in [-0.4, -0.2) is 35.4 Å². The van der Waals surface area contributed by atoms with E-state index in [1.165, 1.54) is 0 Å². The highest BCUT2D eigenvalue weighted by molar-refractivity contribution is 6.03. The Labute approximate surface area is 152 Å². The van der Waals surface area contributed by atoms with Gasteiger partial charge in [0.1, 0.15) is 6.61 Å². The van der Waals surface area contributed by atoms with Crippen molar-refractivity contribution in [3.8, 4) is 11.1 Å². The average Bonchev–Trinajstić information content (AvgIpc) is 2.92. The summed E-state index contributed by atoms with van der Waals surface area (Å²) in [5, 5.41) is 9.05. The molecule has 0 bridgehead atoms. The van der Waals surface area contributed by atoms with E-state index in [4.69, 9.17) is 15.6 Å². The second kappa shape index (κ2) is 6.70. The lowest BCUT2D eigenvalue weighted by Gasteiger charge is -2.25. The summed E-state index contributed by atoms with van der Waals surface area (Å²) in [6, 6.07) is 14.7. The quantitative estimate of drug-likeness (QED) is 0.616. The number of hydrogen-bond donors (Lipinski definition) is 2. The van der Waals surface area contributed by atoms with Gasteiger partial charge in [0.15, 0.2) is 0 Å². The lowest BCUT2D eigenvalue weighted by Crippen LogP contribution is -2.58. The van der Waals surface area contributed by atoms with Gasteiger partial charge in [0.2, 0.25) is 5.54 Å². The van der Waals surface area contributed by atoms with Crippen LogP contribution in [0.4, 0.5) is 13.2 Å². The molecule has 2 aromatic rings. The summed E-state index contributed by atoms with van der Waals surface area (Å²) in [7, 11) is 0. The number of carboxylic acid groups (broad SMARTS) is 1. The number of carbonyl (C=O) groups is 2. The van der Waals surface area contributed by atoms with E-state index in [-0.39, 0.29) is 6.61 Å². The molecule has 0 amide bonds. The van der Waals surface area contributed by atoms with Crippen LogP contribution in [0.25, 0.3) is 11.1 Å². The molecule has 0 spiro atoms. The van der Waals surface area contributed by atoms with Gasteiger partial charge in [0.05, 0.1) is 6.42 Å². The van der Waals surface area contributed by atoms with Crippen molar-refractivity contribution in [1.29, 1.82) is 0 Å². The lowest BCUT2D eigenvalue weighted by molar-refractivity contribution is -0.181. The third-order valence-electron chi connectivity index (χ3n) is 4.57. The second-order valence-electron chi connectivity index (χ2n) is 6.39. The fourth-order valence-corrected chi connectivity index (χ4v) is 3.28. The van der Waals surface area contributed by atoms with Gasteiger partial charge in [-0.25, -0.2) is 9.59 Å². The third kappa shape index (κ3) is 3.52. The summed E-state index contributed by atoms with van der Waals surface area (Å²) in [5.74, 6) is -4.11. The van der Waals surface area contributed by atoms with Gasteiger partial charge in [-0.2, -0.15) is 13.2 Å². The molecular formula is C19H16F3NO4. The molecule has 1 aliphatic rings. The first-order valence-corrected chi connectivity index (χ1v) is 8.08. The van der Waals surface area contributed by atoms with Crippen molar-refractivity contribution in [2.24, 2.45) is 5.73 Å². The van der Waals surface area contributed by atoms with Crippen molar-refractivity contribution in [2.45, 2.75) is 24.1 Å². The molecule has 142 valence electrons. The molecule has 1 atom stereocenters. The molecular weight excluding hydrogens is 363 g/mol. The van der Waals surface area contributed by atoms with Crippen LogP contribution in [0.1, 0.15) is 23.5 Å². The Morgan fingerprint density at radius 3 is 1.93 bits per heavy atom. The maximum Gasteiger partial charge on any atom is 0.392 e. The van der Waals surface area contributed by atoms with Gasteiger partial charge < -0.3 is 15.6 Å². The summed E-state index contributed by atoms with van der Waals surface area (Å²) in [4.78, 5) is 23.3. The van der Waals surface area contributed by atoms with E-state index < -0.39 is 36.0 Å². The van der Waals surface area contributed by atoms with Crippen LogP contribution in [0.5, 0.6) is 0 Å². The van der Waals surface area contributed by atoms with E-state index in [0.29, 0.717) is 0 Å². The molecule has 27 heavy (non-hydrogen) atoms. The first kappa shape index (κ1) is 18.9. The maximum absolute atomic E-state index is 12.7. The maximum atomic E-state index is 12.7. The van der Waals surface area contributed by atoms with E-state index in [1.807, 2.05) is 36.4 Å². The van der Waals surface area contributed by atoms with Crippen LogP contribution in [0.3, 0.4) is 0 Å². The highest BCUT2D eigenvalue weighted by atomic mass is 19.4. The summed E-state index contributed by atoms with van der Waals surface area (Å²) in [6.45, 7) is -0.309. The zero-order valence-corrected chi connectivity index (χ0v) is 14.0. The Morgan fingerprint density at radius 2 is 1.48 bits per heavy atom. The van der Waals surface area contributed by atoms with Gasteiger partial charge in [-0.05, 0) is 22.3 Å². The third-order valence-corrected chi connectivity index (χ3v) is 4.57. The Bertz CT molecular complexity index is 851. The van der Waals surface area contributed by atoms with E-state index in [9.17, 15) is 22.8 Å². The molecule has 3 N–H and O–H groups in total. The number of fused-ring (bicyclic) bond motifs is 3. The molecule has 0 aromatic heterocycles. The van der Waals surface area contributed by atoms with Crippen LogP contribution in [0, 0.1) is 0 Å². The first-order chi connectivity index (χ1) is 12.6. The number of carboxylic acids is 1. The summed E-state index contributed by atoms with van der Waals surface area (Å²) >= 11 is 0. The minimum absolute atomic E-state index is 0.309. The van der Waals surface area contributed by atoms with Gasteiger partial charge in [0.25, 0.3) is 0 Å². The number of esters is 1. The molecule has 1 aliphatic carbocycles. The Morgan fingerprint density at radius 1 is 1.00 bits per heavy atom. The van der Waals surface area contributed by atoms with Crippen LogP contribution < -0.4 is 5.73 Å². The minimum Gasteiger partial charge on any atom is -0.479 e. The van der Waals surface area contributed by atoms with Gasteiger partial charge in [-0.3, -0.25) is 0 Å². The number of alkyl halides is 3. The number of rotatable bonds is 5. The number of benzene rings is 2. The summed E-state index contributed by atoms with van der Waals surface area (Å²) < 4.78 is 42.9. The highest BCUT2D eigenvalue weighted by Crippen LogP contribution is 2.44. The van der Waals surface area contributed by atoms with Crippen molar-refractivity contribution in [2.75, 3.05) is 6.61 Å². The molecule has 3 rings (SSSR count). The zero-order chi connectivity index (χ0) is 19.8. The van der Waals surface area contributed by atoms with Crippen LogP contribution in [0.15, 0.2) is 48.5 Å². The molecule has 8 heteroatoms.